The number of ether oxygens (including phenoxy) is 4. The van der Waals surface area contributed by atoms with Crippen molar-refractivity contribution >= 4 is 29.1 Å². The van der Waals surface area contributed by atoms with Crippen molar-refractivity contribution in [3.05, 3.63) is 57.6 Å². The molecule has 2 aromatic carbocycles. The Kier molecular flexibility index (Phi) is 9.45. The van der Waals surface area contributed by atoms with Gasteiger partial charge in [0.2, 0.25) is 0 Å². The number of hydrogen-bond acceptors (Lipinski definition) is 7. The quantitative estimate of drug-likeness (QED) is 0.182. The van der Waals surface area contributed by atoms with E-state index in [1.165, 1.54) is 19.1 Å². The number of aryl methyl sites for hydroxylation is 1. The molecule has 200 valence electrons. The van der Waals surface area contributed by atoms with E-state index < -0.39 is 17.7 Å². The van der Waals surface area contributed by atoms with E-state index in [2.05, 4.69) is 0 Å². The van der Waals surface area contributed by atoms with Gasteiger partial charge in [0.05, 0.1) is 49.1 Å². The van der Waals surface area contributed by atoms with Gasteiger partial charge in [0.1, 0.15) is 11.5 Å². The van der Waals surface area contributed by atoms with Gasteiger partial charge in [0, 0.05) is 13.2 Å². The predicted octanol–water partition coefficient (Wildman–Crippen LogP) is 5.30. The Morgan fingerprint density at radius 2 is 1.84 bits per heavy atom. The fourth-order valence-electron chi connectivity index (χ4n) is 4.40. The fourth-order valence-corrected chi connectivity index (χ4v) is 4.75. The summed E-state index contributed by atoms with van der Waals surface area (Å²) in [5, 5.41) is 11.8. The van der Waals surface area contributed by atoms with E-state index in [-0.39, 0.29) is 40.3 Å². The molecule has 9 heteroatoms. The lowest BCUT2D eigenvalue weighted by atomic mass is 9.94. The van der Waals surface area contributed by atoms with Gasteiger partial charge >= 0.3 is 0 Å². The van der Waals surface area contributed by atoms with Crippen LogP contribution in [-0.4, -0.2) is 61.8 Å². The molecule has 1 aliphatic heterocycles. The van der Waals surface area contributed by atoms with E-state index in [0.29, 0.717) is 36.7 Å². The van der Waals surface area contributed by atoms with Crippen molar-refractivity contribution in [2.45, 2.75) is 46.3 Å². The van der Waals surface area contributed by atoms with Crippen molar-refractivity contribution in [1.29, 1.82) is 0 Å². The third-order valence-corrected chi connectivity index (χ3v) is 6.27. The minimum Gasteiger partial charge on any atom is -0.507 e. The van der Waals surface area contributed by atoms with Gasteiger partial charge in [0.15, 0.2) is 11.5 Å². The van der Waals surface area contributed by atoms with Crippen molar-refractivity contribution < 1.29 is 33.6 Å². The van der Waals surface area contributed by atoms with Crippen molar-refractivity contribution in [2.75, 3.05) is 34.0 Å². The van der Waals surface area contributed by atoms with Crippen LogP contribution in [-0.2, 0) is 14.3 Å². The highest BCUT2D eigenvalue weighted by atomic mass is 35.5. The van der Waals surface area contributed by atoms with Gasteiger partial charge < -0.3 is 29.0 Å². The largest absolute Gasteiger partial charge is 0.507 e. The number of carbonyl (C=O) groups excluding carboxylic acids is 2. The lowest BCUT2D eigenvalue weighted by molar-refractivity contribution is -0.140. The summed E-state index contributed by atoms with van der Waals surface area (Å²) < 4.78 is 22.2. The molecular formula is C28H34ClNO7. The van der Waals surface area contributed by atoms with Crippen LogP contribution >= 0.6 is 11.6 Å². The highest BCUT2D eigenvalue weighted by Crippen LogP contribution is 2.44. The van der Waals surface area contributed by atoms with Crippen molar-refractivity contribution in [3.63, 3.8) is 0 Å². The van der Waals surface area contributed by atoms with Crippen molar-refractivity contribution in [2.24, 2.45) is 0 Å². The number of aliphatic hydroxyl groups excluding tert-OH is 1. The van der Waals surface area contributed by atoms with E-state index in [1.54, 1.807) is 30.3 Å². The number of amides is 1. The fraction of sp³-hybridized carbons (Fsp3) is 0.429. The van der Waals surface area contributed by atoms with E-state index in [1.807, 2.05) is 27.7 Å². The SMILES string of the molecule is CCOc1cc(C2/C(=C(\O)c3cc(C)cc(Cl)c3OC)C(=O)C(=O)N2CCCOC(C)C)ccc1OC. The molecular weight excluding hydrogens is 498 g/mol. The summed E-state index contributed by atoms with van der Waals surface area (Å²) in [5.74, 6) is -0.666. The molecule has 1 saturated heterocycles. The normalized spacial score (nSPS) is 17.0. The summed E-state index contributed by atoms with van der Waals surface area (Å²) in [6, 6.07) is 7.69. The number of hydrogen-bond donors (Lipinski definition) is 1. The lowest BCUT2D eigenvalue weighted by Gasteiger charge is -2.26. The van der Waals surface area contributed by atoms with Gasteiger partial charge in [-0.15, -0.1) is 0 Å². The van der Waals surface area contributed by atoms with Crippen LogP contribution < -0.4 is 14.2 Å². The van der Waals surface area contributed by atoms with Crippen molar-refractivity contribution in [3.8, 4) is 17.2 Å². The van der Waals surface area contributed by atoms with Crippen LogP contribution in [0.15, 0.2) is 35.9 Å². The van der Waals surface area contributed by atoms with Gasteiger partial charge in [-0.05, 0) is 69.5 Å². The zero-order valence-corrected chi connectivity index (χ0v) is 22.8. The maximum absolute atomic E-state index is 13.4. The molecule has 37 heavy (non-hydrogen) atoms. The van der Waals surface area contributed by atoms with Crippen molar-refractivity contribution in [1.82, 2.24) is 4.90 Å². The third-order valence-electron chi connectivity index (χ3n) is 5.98. The van der Waals surface area contributed by atoms with Crippen LogP contribution in [0.4, 0.5) is 0 Å². The molecule has 0 radical (unpaired) electrons. The van der Waals surface area contributed by atoms with Crippen LogP contribution in [0.3, 0.4) is 0 Å². The molecule has 0 aliphatic carbocycles. The van der Waals surface area contributed by atoms with Crippen LogP contribution in [0.5, 0.6) is 17.2 Å². The first-order valence-electron chi connectivity index (χ1n) is 12.2. The molecule has 8 nitrogen and oxygen atoms in total. The number of ketones is 1. The first-order valence-corrected chi connectivity index (χ1v) is 12.6. The molecule has 0 aromatic heterocycles. The van der Waals surface area contributed by atoms with E-state index in [4.69, 9.17) is 30.5 Å². The van der Waals surface area contributed by atoms with E-state index in [9.17, 15) is 14.7 Å². The molecule has 3 rings (SSSR count). The average molecular weight is 532 g/mol. The van der Waals surface area contributed by atoms with Crippen LogP contribution in [0, 0.1) is 6.92 Å². The summed E-state index contributed by atoms with van der Waals surface area (Å²) in [6.45, 7) is 8.58. The second kappa shape index (κ2) is 12.3. The summed E-state index contributed by atoms with van der Waals surface area (Å²) in [6.07, 6.45) is 0.551. The summed E-state index contributed by atoms with van der Waals surface area (Å²) >= 11 is 6.37. The maximum atomic E-state index is 13.4. The summed E-state index contributed by atoms with van der Waals surface area (Å²) in [5.41, 5.74) is 1.53. The number of halogens is 1. The Morgan fingerprint density at radius 1 is 1.11 bits per heavy atom. The second-order valence-electron chi connectivity index (χ2n) is 8.94. The number of methoxy groups -OCH3 is 2. The number of aliphatic hydroxyl groups is 1. The summed E-state index contributed by atoms with van der Waals surface area (Å²) in [4.78, 5) is 28.1. The molecule has 1 atom stereocenters. The van der Waals surface area contributed by atoms with Gasteiger partial charge in [-0.3, -0.25) is 9.59 Å². The van der Waals surface area contributed by atoms with Gasteiger partial charge in [0.25, 0.3) is 11.7 Å². The Bertz CT molecular complexity index is 1190. The molecule has 1 amide bonds. The first kappa shape index (κ1) is 28.3. The Balaban J connectivity index is 2.20. The van der Waals surface area contributed by atoms with Crippen LogP contribution in [0.1, 0.15) is 49.9 Å². The molecule has 0 bridgehead atoms. The minimum absolute atomic E-state index is 0.0417. The third kappa shape index (κ3) is 6.02. The number of carbonyl (C=O) groups is 2. The lowest BCUT2D eigenvalue weighted by Crippen LogP contribution is -2.31. The highest BCUT2D eigenvalue weighted by Gasteiger charge is 2.46. The smallest absolute Gasteiger partial charge is 0.295 e. The minimum atomic E-state index is -0.867. The standard InChI is InChI=1S/C28H34ClNO7/c1-7-36-22-15-18(9-10-21(22)34-5)24-23(25(31)19-13-17(4)14-20(29)27(19)35-6)26(32)28(33)30(24)11-8-12-37-16(2)3/h9-10,13-16,24,31H,7-8,11-12H2,1-6H3/b25-23+. The molecule has 1 aliphatic rings. The zero-order chi connectivity index (χ0) is 27.3. The van der Waals surface area contributed by atoms with Crippen LogP contribution in [0.2, 0.25) is 5.02 Å². The molecule has 1 N–H and O–H groups in total. The zero-order valence-electron chi connectivity index (χ0n) is 22.1. The van der Waals surface area contributed by atoms with E-state index in [0.717, 1.165) is 5.56 Å². The highest BCUT2D eigenvalue weighted by molar-refractivity contribution is 6.46. The Hall–Kier alpha value is -3.23. The monoisotopic (exact) mass is 531 g/mol. The number of Topliss-reactive ketones (excluding diaryl/α,β-unsaturated/α-hetero) is 1. The predicted molar refractivity (Wildman–Crippen MR) is 142 cm³/mol. The molecule has 0 saturated carbocycles. The second-order valence-corrected chi connectivity index (χ2v) is 9.34. The van der Waals surface area contributed by atoms with Gasteiger partial charge in [-0.2, -0.15) is 0 Å². The molecule has 0 spiro atoms. The number of nitrogens with zero attached hydrogens (tertiary/aromatic N) is 1. The average Bonchev–Trinajstić information content (AvgIpc) is 3.10. The molecule has 1 heterocycles. The number of rotatable bonds is 11. The van der Waals surface area contributed by atoms with Crippen LogP contribution in [0.25, 0.3) is 5.76 Å². The Morgan fingerprint density at radius 3 is 2.46 bits per heavy atom. The van der Waals surface area contributed by atoms with E-state index >= 15 is 0 Å². The maximum Gasteiger partial charge on any atom is 0.295 e. The molecule has 1 fully saturated rings. The number of likely N-dealkylation sites (tertiary alicyclic amines) is 1. The van der Waals surface area contributed by atoms with Gasteiger partial charge in [-0.1, -0.05) is 17.7 Å². The summed E-state index contributed by atoms with van der Waals surface area (Å²) in [7, 11) is 2.96. The number of benzene rings is 2. The molecule has 1 unspecified atom stereocenters. The Labute approximate surface area is 222 Å². The first-order chi connectivity index (χ1) is 17.6. The molecule has 2 aromatic rings. The topological polar surface area (TPSA) is 94.5 Å². The van der Waals surface area contributed by atoms with Gasteiger partial charge in [-0.25, -0.2) is 0 Å².